The summed E-state index contributed by atoms with van der Waals surface area (Å²) in [5.41, 5.74) is 3.06. The van der Waals surface area contributed by atoms with Gasteiger partial charge in [-0.15, -0.1) is 5.10 Å². The van der Waals surface area contributed by atoms with E-state index in [1.54, 1.807) is 4.68 Å². The molecule has 17 heavy (non-hydrogen) atoms. The van der Waals surface area contributed by atoms with Crippen LogP contribution in [0.25, 0.3) is 5.69 Å². The zero-order valence-corrected chi connectivity index (χ0v) is 10.3. The third-order valence-corrected chi connectivity index (χ3v) is 3.61. The van der Waals surface area contributed by atoms with Crippen molar-refractivity contribution in [1.82, 2.24) is 20.3 Å². The summed E-state index contributed by atoms with van der Waals surface area (Å²) in [7, 11) is 0. The first-order chi connectivity index (χ1) is 8.25. The lowest BCUT2D eigenvalue weighted by molar-refractivity contribution is 0.439. The first-order valence-electron chi connectivity index (χ1n) is 5.64. The standard InChI is InChI=1S/C12H13ClN4/c1-8-10(13)3-2-4-12(8)17-7-11(15-16-17)9-5-14-6-9/h2-4,7,9,14H,5-6H2,1H3. The molecule has 0 amide bonds. The number of nitrogens with one attached hydrogen (secondary N) is 1. The van der Waals surface area contributed by atoms with Crippen LogP contribution in [0.1, 0.15) is 17.2 Å². The number of halogens is 1. The Morgan fingerprint density at radius 3 is 2.94 bits per heavy atom. The van der Waals surface area contributed by atoms with E-state index >= 15 is 0 Å². The van der Waals surface area contributed by atoms with Crippen LogP contribution < -0.4 is 5.32 Å². The van der Waals surface area contributed by atoms with Gasteiger partial charge in [0.05, 0.1) is 17.6 Å². The van der Waals surface area contributed by atoms with Gasteiger partial charge in [-0.25, -0.2) is 4.68 Å². The second-order valence-corrected chi connectivity index (χ2v) is 4.73. The number of hydrogen-bond acceptors (Lipinski definition) is 3. The minimum atomic E-state index is 0.503. The van der Waals surface area contributed by atoms with Crippen molar-refractivity contribution in [3.63, 3.8) is 0 Å². The van der Waals surface area contributed by atoms with Gasteiger partial charge in [-0.05, 0) is 24.6 Å². The van der Waals surface area contributed by atoms with Crippen molar-refractivity contribution >= 4 is 11.6 Å². The van der Waals surface area contributed by atoms with Crippen LogP contribution in [0.3, 0.4) is 0 Å². The molecule has 1 aliphatic rings. The van der Waals surface area contributed by atoms with E-state index in [1.807, 2.05) is 31.3 Å². The van der Waals surface area contributed by atoms with E-state index in [0.29, 0.717) is 5.92 Å². The third-order valence-electron chi connectivity index (χ3n) is 3.20. The molecule has 0 bridgehead atoms. The molecule has 0 saturated carbocycles. The van der Waals surface area contributed by atoms with Gasteiger partial charge in [0.1, 0.15) is 0 Å². The van der Waals surface area contributed by atoms with Crippen LogP contribution in [-0.4, -0.2) is 28.1 Å². The van der Waals surface area contributed by atoms with Crippen LogP contribution in [0.15, 0.2) is 24.4 Å². The van der Waals surface area contributed by atoms with Gasteiger partial charge in [0.25, 0.3) is 0 Å². The lowest BCUT2D eigenvalue weighted by atomic mass is 10.0. The number of rotatable bonds is 2. The molecule has 1 aromatic heterocycles. The molecular formula is C12H13ClN4. The van der Waals surface area contributed by atoms with Gasteiger partial charge < -0.3 is 5.32 Å². The SMILES string of the molecule is Cc1c(Cl)cccc1-n1cc(C2CNC2)nn1. The summed E-state index contributed by atoms with van der Waals surface area (Å²) >= 11 is 6.10. The number of benzene rings is 1. The Morgan fingerprint density at radius 2 is 2.24 bits per heavy atom. The Bertz CT molecular complexity index is 545. The highest BCUT2D eigenvalue weighted by Gasteiger charge is 2.22. The average Bonchev–Trinajstić information content (AvgIpc) is 2.68. The second kappa shape index (κ2) is 4.13. The van der Waals surface area contributed by atoms with Crippen LogP contribution in [0.4, 0.5) is 0 Å². The molecule has 0 aliphatic carbocycles. The van der Waals surface area contributed by atoms with Crippen LogP contribution in [0, 0.1) is 6.92 Å². The quantitative estimate of drug-likeness (QED) is 0.883. The predicted octanol–water partition coefficient (Wildman–Crippen LogP) is 1.92. The summed E-state index contributed by atoms with van der Waals surface area (Å²) in [6.45, 7) is 3.98. The van der Waals surface area contributed by atoms with Gasteiger partial charge in [-0.2, -0.15) is 0 Å². The van der Waals surface area contributed by atoms with Gasteiger partial charge in [-0.1, -0.05) is 22.9 Å². The van der Waals surface area contributed by atoms with E-state index in [2.05, 4.69) is 15.6 Å². The molecule has 2 heterocycles. The normalized spacial score (nSPS) is 15.9. The number of nitrogens with zero attached hydrogens (tertiary/aromatic N) is 3. The van der Waals surface area contributed by atoms with Crippen LogP contribution >= 0.6 is 11.6 Å². The van der Waals surface area contributed by atoms with Crippen LogP contribution in [0.2, 0.25) is 5.02 Å². The monoisotopic (exact) mass is 248 g/mol. The number of hydrogen-bond donors (Lipinski definition) is 1. The number of aromatic nitrogens is 3. The molecule has 1 fully saturated rings. The largest absolute Gasteiger partial charge is 0.315 e. The fourth-order valence-electron chi connectivity index (χ4n) is 1.92. The lowest BCUT2D eigenvalue weighted by Crippen LogP contribution is -2.40. The molecule has 88 valence electrons. The molecule has 0 unspecified atom stereocenters. The minimum absolute atomic E-state index is 0.503. The molecule has 5 heteroatoms. The van der Waals surface area contributed by atoms with Gasteiger partial charge >= 0.3 is 0 Å². The summed E-state index contributed by atoms with van der Waals surface area (Å²) in [6.07, 6.45) is 1.99. The average molecular weight is 249 g/mol. The molecule has 3 rings (SSSR count). The van der Waals surface area contributed by atoms with Gasteiger partial charge in [0, 0.05) is 24.0 Å². The second-order valence-electron chi connectivity index (χ2n) is 4.33. The summed E-state index contributed by atoms with van der Waals surface area (Å²) in [4.78, 5) is 0. The van der Waals surface area contributed by atoms with Gasteiger partial charge in [0.2, 0.25) is 0 Å². The highest BCUT2D eigenvalue weighted by Crippen LogP contribution is 2.23. The van der Waals surface area contributed by atoms with E-state index in [0.717, 1.165) is 35.1 Å². The Hall–Kier alpha value is -1.39. The van der Waals surface area contributed by atoms with Crippen molar-refractivity contribution in [2.24, 2.45) is 0 Å². The summed E-state index contributed by atoms with van der Waals surface area (Å²) in [5, 5.41) is 12.4. The van der Waals surface area contributed by atoms with E-state index in [9.17, 15) is 0 Å². The lowest BCUT2D eigenvalue weighted by Gasteiger charge is -2.24. The molecule has 0 atom stereocenters. The van der Waals surface area contributed by atoms with Crippen LogP contribution in [0.5, 0.6) is 0 Å². The van der Waals surface area contributed by atoms with Crippen molar-refractivity contribution in [2.45, 2.75) is 12.8 Å². The highest BCUT2D eigenvalue weighted by atomic mass is 35.5. The highest BCUT2D eigenvalue weighted by molar-refractivity contribution is 6.31. The zero-order chi connectivity index (χ0) is 11.8. The smallest absolute Gasteiger partial charge is 0.0888 e. The molecule has 0 spiro atoms. The Labute approximate surface area is 105 Å². The molecule has 1 N–H and O–H groups in total. The maximum absolute atomic E-state index is 6.10. The van der Waals surface area contributed by atoms with Crippen molar-refractivity contribution in [3.05, 3.63) is 40.7 Å². The summed E-state index contributed by atoms with van der Waals surface area (Å²) < 4.78 is 1.80. The first-order valence-corrected chi connectivity index (χ1v) is 6.02. The molecular weight excluding hydrogens is 236 g/mol. The van der Waals surface area contributed by atoms with E-state index in [1.165, 1.54) is 0 Å². The molecule has 1 aliphatic heterocycles. The fraction of sp³-hybridized carbons (Fsp3) is 0.333. The molecule has 0 radical (unpaired) electrons. The van der Waals surface area contributed by atoms with Crippen molar-refractivity contribution < 1.29 is 0 Å². The first kappa shape index (κ1) is 10.7. The zero-order valence-electron chi connectivity index (χ0n) is 9.52. The van der Waals surface area contributed by atoms with E-state index in [-0.39, 0.29) is 0 Å². The fourth-order valence-corrected chi connectivity index (χ4v) is 2.09. The Morgan fingerprint density at radius 1 is 1.41 bits per heavy atom. The molecule has 2 aromatic rings. The third kappa shape index (κ3) is 1.83. The topological polar surface area (TPSA) is 42.7 Å². The molecule has 1 saturated heterocycles. The maximum Gasteiger partial charge on any atom is 0.0888 e. The van der Waals surface area contributed by atoms with Crippen molar-refractivity contribution in [3.8, 4) is 5.69 Å². The Kier molecular flexibility index (Phi) is 2.61. The van der Waals surface area contributed by atoms with Gasteiger partial charge in [-0.3, -0.25) is 0 Å². The van der Waals surface area contributed by atoms with E-state index < -0.39 is 0 Å². The predicted molar refractivity (Wildman–Crippen MR) is 66.7 cm³/mol. The molecule has 1 aromatic carbocycles. The molecule has 4 nitrogen and oxygen atoms in total. The van der Waals surface area contributed by atoms with E-state index in [4.69, 9.17) is 11.6 Å². The maximum atomic E-state index is 6.10. The van der Waals surface area contributed by atoms with Crippen LogP contribution in [-0.2, 0) is 0 Å². The Balaban J connectivity index is 1.97. The minimum Gasteiger partial charge on any atom is -0.315 e. The van der Waals surface area contributed by atoms with Gasteiger partial charge in [0.15, 0.2) is 0 Å². The summed E-state index contributed by atoms with van der Waals surface area (Å²) in [6, 6.07) is 5.81. The summed E-state index contributed by atoms with van der Waals surface area (Å²) in [5.74, 6) is 0.503. The van der Waals surface area contributed by atoms with Crippen molar-refractivity contribution in [2.75, 3.05) is 13.1 Å². The van der Waals surface area contributed by atoms with Crippen molar-refractivity contribution in [1.29, 1.82) is 0 Å².